The number of sulfonamides is 1. The van der Waals surface area contributed by atoms with Gasteiger partial charge in [0.1, 0.15) is 17.5 Å². The lowest BCUT2D eigenvalue weighted by molar-refractivity contribution is -0.124. The monoisotopic (exact) mass is 525 g/mol. The maximum Gasteiger partial charge on any atom is 0.240 e. The van der Waals surface area contributed by atoms with E-state index in [4.69, 9.17) is 11.6 Å². The van der Waals surface area contributed by atoms with Crippen molar-refractivity contribution in [2.24, 2.45) is 5.92 Å². The van der Waals surface area contributed by atoms with Crippen molar-refractivity contribution in [3.63, 3.8) is 0 Å². The van der Waals surface area contributed by atoms with Gasteiger partial charge >= 0.3 is 0 Å². The van der Waals surface area contributed by atoms with E-state index in [1.54, 1.807) is 12.1 Å². The Hall–Kier alpha value is -2.87. The molecule has 3 aromatic rings. The lowest BCUT2D eigenvalue weighted by Crippen LogP contribution is -2.39. The summed E-state index contributed by atoms with van der Waals surface area (Å²) in [6.07, 6.45) is 2.49. The van der Waals surface area contributed by atoms with Gasteiger partial charge in [0.15, 0.2) is 5.78 Å². The van der Waals surface area contributed by atoms with E-state index < -0.39 is 27.7 Å². The largest absolute Gasteiger partial charge is 0.298 e. The molecule has 186 valence electrons. The number of nitrogens with one attached hydrogen (secondary N) is 1. The van der Waals surface area contributed by atoms with Crippen molar-refractivity contribution in [3.8, 4) is 0 Å². The number of hydrogen-bond acceptors (Lipinski definition) is 4. The van der Waals surface area contributed by atoms with E-state index in [1.165, 1.54) is 36.4 Å². The molecule has 3 aromatic carbocycles. The first-order valence-corrected chi connectivity index (χ1v) is 13.8. The van der Waals surface area contributed by atoms with Crippen LogP contribution in [0.5, 0.6) is 0 Å². The summed E-state index contributed by atoms with van der Waals surface area (Å²) in [6.45, 7) is 0. The van der Waals surface area contributed by atoms with Gasteiger partial charge in [-0.1, -0.05) is 41.9 Å². The van der Waals surface area contributed by atoms with Crippen LogP contribution >= 0.6 is 11.6 Å². The second-order valence-corrected chi connectivity index (χ2v) is 11.7. The molecular formula is C28H25ClFNO4S. The number of carbonyl (C=O) groups is 2. The lowest BCUT2D eigenvalue weighted by Gasteiger charge is -2.27. The summed E-state index contributed by atoms with van der Waals surface area (Å²) in [5.41, 5.74) is 3.75. The summed E-state index contributed by atoms with van der Waals surface area (Å²) >= 11 is 5.88. The van der Waals surface area contributed by atoms with Crippen LogP contribution in [0.25, 0.3) is 0 Å². The van der Waals surface area contributed by atoms with E-state index in [9.17, 15) is 22.4 Å². The van der Waals surface area contributed by atoms with Gasteiger partial charge in [0.25, 0.3) is 0 Å². The Bertz CT molecular complexity index is 1420. The summed E-state index contributed by atoms with van der Waals surface area (Å²) in [5, 5.41) is 0.472. The fraction of sp³-hybridized carbons (Fsp3) is 0.286. The van der Waals surface area contributed by atoms with Crippen LogP contribution < -0.4 is 4.72 Å². The highest BCUT2D eigenvalue weighted by Gasteiger charge is 2.42. The predicted octanol–water partition coefficient (Wildman–Crippen LogP) is 4.80. The third-order valence-electron chi connectivity index (χ3n) is 7.15. The van der Waals surface area contributed by atoms with E-state index in [-0.39, 0.29) is 28.9 Å². The zero-order valence-electron chi connectivity index (χ0n) is 19.4. The van der Waals surface area contributed by atoms with Gasteiger partial charge in [-0.15, -0.1) is 0 Å². The Kier molecular flexibility index (Phi) is 6.81. The highest BCUT2D eigenvalue weighted by molar-refractivity contribution is 7.89. The average Bonchev–Trinajstić information content (AvgIpc) is 3.12. The number of Topliss-reactive ketones (excluding diaryl/α,β-unsaturated/α-hetero) is 2. The summed E-state index contributed by atoms with van der Waals surface area (Å²) in [6, 6.07) is 17.3. The average molecular weight is 526 g/mol. The van der Waals surface area contributed by atoms with Crippen LogP contribution in [0.15, 0.2) is 71.6 Å². The van der Waals surface area contributed by atoms with Crippen LogP contribution in [0, 0.1) is 11.7 Å². The van der Waals surface area contributed by atoms with Crippen molar-refractivity contribution in [2.75, 3.05) is 0 Å². The van der Waals surface area contributed by atoms with E-state index in [0.29, 0.717) is 36.3 Å². The highest BCUT2D eigenvalue weighted by atomic mass is 35.5. The summed E-state index contributed by atoms with van der Waals surface area (Å²) in [7, 11) is -3.67. The van der Waals surface area contributed by atoms with E-state index in [2.05, 4.69) is 4.72 Å². The smallest absolute Gasteiger partial charge is 0.240 e. The normalized spacial score (nSPS) is 22.0. The maximum atomic E-state index is 13.3. The van der Waals surface area contributed by atoms with Gasteiger partial charge in [-0.2, -0.15) is 0 Å². The second-order valence-electron chi connectivity index (χ2n) is 9.53. The molecule has 0 amide bonds. The Morgan fingerprint density at radius 3 is 2.39 bits per heavy atom. The Balaban J connectivity index is 1.30. The molecule has 0 bridgehead atoms. The topological polar surface area (TPSA) is 80.3 Å². The minimum Gasteiger partial charge on any atom is -0.298 e. The second kappa shape index (κ2) is 9.88. The highest BCUT2D eigenvalue weighted by Crippen LogP contribution is 2.36. The zero-order chi connectivity index (χ0) is 25.4. The Morgan fingerprint density at radius 1 is 0.944 bits per heavy atom. The lowest BCUT2D eigenvalue weighted by atomic mass is 9.82. The van der Waals surface area contributed by atoms with Crippen molar-refractivity contribution >= 4 is 33.2 Å². The molecule has 0 saturated heterocycles. The molecule has 3 unspecified atom stereocenters. The number of ketones is 2. The standard InChI is InChI=1S/C28H25ClFNO4S/c29-21-6-11-24(12-7-21)36(34,35)31-23-10-13-25-18(2-1-3-19(25)15-23)14-20-16-26(32)27(28(20)33)17-4-8-22(30)9-5-17/h1-9,11-12,20,23,27,31H,10,13-16H2. The minimum atomic E-state index is -3.67. The molecule has 0 heterocycles. The first-order valence-electron chi connectivity index (χ1n) is 11.9. The Labute approximate surface area is 214 Å². The molecular weight excluding hydrogens is 501 g/mol. The van der Waals surface area contributed by atoms with Crippen LogP contribution in [0.1, 0.15) is 41.0 Å². The SMILES string of the molecule is O=C1CC(Cc2cccc3c2CCC(NS(=O)(=O)c2ccc(Cl)cc2)C3)C(=O)C1c1ccc(F)cc1. The number of carbonyl (C=O) groups excluding carboxylic acids is 2. The van der Waals surface area contributed by atoms with E-state index in [1.807, 2.05) is 18.2 Å². The molecule has 5 nitrogen and oxygen atoms in total. The Morgan fingerprint density at radius 2 is 1.67 bits per heavy atom. The summed E-state index contributed by atoms with van der Waals surface area (Å²) in [4.78, 5) is 26.0. The van der Waals surface area contributed by atoms with Crippen molar-refractivity contribution in [1.82, 2.24) is 4.72 Å². The fourth-order valence-electron chi connectivity index (χ4n) is 5.38. The summed E-state index contributed by atoms with van der Waals surface area (Å²) in [5.74, 6) is -1.90. The first-order chi connectivity index (χ1) is 17.2. The number of hydrogen-bond donors (Lipinski definition) is 1. The van der Waals surface area contributed by atoms with Gasteiger partial charge in [0.2, 0.25) is 10.0 Å². The molecule has 2 aliphatic carbocycles. The molecule has 1 N–H and O–H groups in total. The van der Waals surface area contributed by atoms with Crippen molar-refractivity contribution in [3.05, 3.63) is 99.8 Å². The van der Waals surface area contributed by atoms with Gasteiger partial charge in [-0.05, 0) is 84.3 Å². The maximum absolute atomic E-state index is 13.3. The molecule has 2 aliphatic rings. The molecule has 0 aromatic heterocycles. The predicted molar refractivity (Wildman–Crippen MR) is 135 cm³/mol. The van der Waals surface area contributed by atoms with Crippen LogP contribution in [0.4, 0.5) is 4.39 Å². The first kappa shape index (κ1) is 24.8. The number of halogens is 2. The van der Waals surface area contributed by atoms with Crippen molar-refractivity contribution in [2.45, 2.75) is 49.0 Å². The molecule has 1 saturated carbocycles. The molecule has 1 fully saturated rings. The van der Waals surface area contributed by atoms with Crippen molar-refractivity contribution < 1.29 is 22.4 Å². The number of rotatable bonds is 6. The van der Waals surface area contributed by atoms with Gasteiger partial charge < -0.3 is 0 Å². The van der Waals surface area contributed by atoms with Gasteiger partial charge in [0, 0.05) is 23.4 Å². The van der Waals surface area contributed by atoms with Gasteiger partial charge in [-0.25, -0.2) is 17.5 Å². The third kappa shape index (κ3) is 5.01. The van der Waals surface area contributed by atoms with E-state index in [0.717, 1.165) is 16.7 Å². The van der Waals surface area contributed by atoms with Crippen LogP contribution in [0.3, 0.4) is 0 Å². The molecule has 36 heavy (non-hydrogen) atoms. The summed E-state index contributed by atoms with van der Waals surface area (Å²) < 4.78 is 41.7. The molecule has 5 rings (SSSR count). The van der Waals surface area contributed by atoms with Gasteiger partial charge in [0.05, 0.1) is 4.90 Å². The molecule has 8 heteroatoms. The molecule has 0 radical (unpaired) electrons. The minimum absolute atomic E-state index is 0.117. The molecule has 0 spiro atoms. The van der Waals surface area contributed by atoms with E-state index >= 15 is 0 Å². The third-order valence-corrected chi connectivity index (χ3v) is 8.94. The van der Waals surface area contributed by atoms with Crippen molar-refractivity contribution in [1.29, 1.82) is 0 Å². The fourth-order valence-corrected chi connectivity index (χ4v) is 6.78. The van der Waals surface area contributed by atoms with Gasteiger partial charge in [-0.3, -0.25) is 9.59 Å². The number of benzene rings is 3. The zero-order valence-corrected chi connectivity index (χ0v) is 21.0. The number of fused-ring (bicyclic) bond motifs is 1. The van der Waals surface area contributed by atoms with Crippen LogP contribution in [-0.2, 0) is 38.9 Å². The molecule has 3 atom stereocenters. The van der Waals surface area contributed by atoms with Crippen LogP contribution in [0.2, 0.25) is 5.02 Å². The quantitative estimate of drug-likeness (QED) is 0.469. The molecule has 0 aliphatic heterocycles. The van der Waals surface area contributed by atoms with Crippen LogP contribution in [-0.4, -0.2) is 26.0 Å².